The Morgan fingerprint density at radius 2 is 1.40 bits per heavy atom. The second-order valence-corrected chi connectivity index (χ2v) is 6.46. The molecule has 0 radical (unpaired) electrons. The minimum Gasteiger partial charge on any atom is -0.0983 e. The molecule has 1 rings (SSSR count). The zero-order valence-electron chi connectivity index (χ0n) is 3.65. The fourth-order valence-electron chi connectivity index (χ4n) is 0.167. The highest BCUT2D eigenvalue weighted by Crippen LogP contribution is 2.17. The fourth-order valence-corrected chi connectivity index (χ4v) is 1.50. The molecule has 28 valence electrons. The van der Waals surface area contributed by atoms with Crippen LogP contribution in [0.1, 0.15) is 0 Å². The molecule has 0 saturated carbocycles. The molecular weight excluding hydrogens is 76.1 g/mol. The summed E-state index contributed by atoms with van der Waals surface area (Å²) in [5.41, 5.74) is 4.65. The maximum absolute atomic E-state index is 2.33. The highest BCUT2D eigenvalue weighted by atomic mass is 28.3. The summed E-state index contributed by atoms with van der Waals surface area (Å²) in [6.45, 7) is 4.65. The van der Waals surface area contributed by atoms with E-state index in [1.54, 1.807) is 0 Å². The van der Waals surface area contributed by atoms with Crippen LogP contribution in [0.25, 0.3) is 0 Å². The second-order valence-electron chi connectivity index (χ2n) is 2.15. The minimum absolute atomic E-state index is 0.611. The molecule has 0 amide bonds. The van der Waals surface area contributed by atoms with E-state index in [9.17, 15) is 0 Å². The Hall–Kier alpha value is -0.0431. The van der Waals surface area contributed by atoms with Gasteiger partial charge in [-0.2, -0.15) is 0 Å². The highest BCUT2D eigenvalue weighted by molar-refractivity contribution is 6.96. The van der Waals surface area contributed by atoms with Crippen molar-refractivity contribution in [2.45, 2.75) is 13.1 Å². The van der Waals surface area contributed by atoms with Gasteiger partial charge < -0.3 is 0 Å². The maximum atomic E-state index is 2.33. The number of rotatable bonds is 0. The van der Waals surface area contributed by atoms with Gasteiger partial charge in [0.2, 0.25) is 0 Å². The van der Waals surface area contributed by atoms with Crippen LogP contribution >= 0.6 is 0 Å². The lowest BCUT2D eigenvalue weighted by molar-refractivity contribution is 2.00. The van der Waals surface area contributed by atoms with E-state index in [4.69, 9.17) is 0 Å². The molecule has 1 heteroatoms. The molecule has 0 aromatic heterocycles. The highest BCUT2D eigenvalue weighted by Gasteiger charge is 2.22. The first kappa shape index (κ1) is 3.16. The lowest BCUT2D eigenvalue weighted by atomic mass is 11.3. The van der Waals surface area contributed by atoms with Crippen LogP contribution in [-0.2, 0) is 0 Å². The molecule has 0 saturated heterocycles. The van der Waals surface area contributed by atoms with Gasteiger partial charge in [0.05, 0.1) is 8.07 Å². The van der Waals surface area contributed by atoms with Crippen LogP contribution in [0.4, 0.5) is 0 Å². The largest absolute Gasteiger partial charge is 0.0983 e. The van der Waals surface area contributed by atoms with Gasteiger partial charge in [-0.05, 0) is 0 Å². The van der Waals surface area contributed by atoms with Gasteiger partial charge in [-0.3, -0.25) is 0 Å². The molecule has 0 spiro atoms. The zero-order valence-corrected chi connectivity index (χ0v) is 4.65. The summed E-state index contributed by atoms with van der Waals surface area (Å²) in [5.74, 6) is 0. The van der Waals surface area contributed by atoms with E-state index in [1.807, 2.05) is 0 Å². The molecule has 0 fully saturated rings. The summed E-state index contributed by atoms with van der Waals surface area (Å²) >= 11 is 0. The van der Waals surface area contributed by atoms with Crippen LogP contribution in [-0.4, -0.2) is 8.07 Å². The summed E-state index contributed by atoms with van der Waals surface area (Å²) in [6.07, 6.45) is 0. The average molecular weight is 84.2 g/mol. The Kier molecular flexibility index (Phi) is 0.345. The average Bonchev–Trinajstić information content (AvgIpc) is 1.76. The lowest BCUT2D eigenvalue weighted by Crippen LogP contribution is -1.99. The van der Waals surface area contributed by atoms with Crippen LogP contribution in [0.15, 0.2) is 11.4 Å². The first-order valence-corrected chi connectivity index (χ1v) is 5.07. The zero-order chi connectivity index (χ0) is 3.91. The van der Waals surface area contributed by atoms with Crippen LogP contribution in [0, 0.1) is 0 Å². The van der Waals surface area contributed by atoms with Crippen LogP contribution in [0.5, 0.6) is 0 Å². The van der Waals surface area contributed by atoms with Gasteiger partial charge in [0.1, 0.15) is 0 Å². The van der Waals surface area contributed by atoms with Crippen molar-refractivity contribution in [3.63, 3.8) is 0 Å². The van der Waals surface area contributed by atoms with Crippen molar-refractivity contribution in [1.29, 1.82) is 0 Å². The van der Waals surface area contributed by atoms with Gasteiger partial charge in [0, 0.05) is 0 Å². The molecule has 0 unspecified atom stereocenters. The molecule has 0 nitrogen and oxygen atoms in total. The summed E-state index contributed by atoms with van der Waals surface area (Å²) in [6, 6.07) is 0. The SMILES string of the molecule is C[Si]1(C)C=C1. The van der Waals surface area contributed by atoms with E-state index in [2.05, 4.69) is 24.5 Å². The van der Waals surface area contributed by atoms with E-state index in [1.165, 1.54) is 0 Å². The molecule has 0 N–H and O–H groups in total. The first-order valence-electron chi connectivity index (χ1n) is 1.91. The minimum atomic E-state index is -0.611. The van der Waals surface area contributed by atoms with E-state index in [0.29, 0.717) is 0 Å². The molecule has 0 atom stereocenters. The summed E-state index contributed by atoms with van der Waals surface area (Å²) in [7, 11) is -0.611. The predicted molar refractivity (Wildman–Crippen MR) is 26.6 cm³/mol. The van der Waals surface area contributed by atoms with Crippen molar-refractivity contribution in [2.24, 2.45) is 0 Å². The third-order valence-corrected chi connectivity index (χ3v) is 2.50. The maximum Gasteiger partial charge on any atom is 0.0940 e. The Balaban J connectivity index is 2.47. The smallest absolute Gasteiger partial charge is 0.0940 e. The topological polar surface area (TPSA) is 0 Å². The summed E-state index contributed by atoms with van der Waals surface area (Å²) in [4.78, 5) is 0. The van der Waals surface area contributed by atoms with Crippen molar-refractivity contribution in [3.05, 3.63) is 11.4 Å². The third-order valence-electron chi connectivity index (χ3n) is 0.833. The van der Waals surface area contributed by atoms with Crippen molar-refractivity contribution in [3.8, 4) is 0 Å². The van der Waals surface area contributed by atoms with E-state index in [0.717, 1.165) is 0 Å². The number of hydrogen-bond donors (Lipinski definition) is 0. The Morgan fingerprint density at radius 3 is 1.40 bits per heavy atom. The molecule has 1 aliphatic rings. The molecule has 0 aromatic carbocycles. The molecule has 0 bridgehead atoms. The van der Waals surface area contributed by atoms with Crippen molar-refractivity contribution >= 4 is 8.07 Å². The van der Waals surface area contributed by atoms with Gasteiger partial charge >= 0.3 is 0 Å². The van der Waals surface area contributed by atoms with Crippen LogP contribution < -0.4 is 0 Å². The molecule has 0 aromatic rings. The van der Waals surface area contributed by atoms with Crippen LogP contribution in [0.3, 0.4) is 0 Å². The van der Waals surface area contributed by atoms with Crippen LogP contribution in [0.2, 0.25) is 13.1 Å². The molecular formula is C4H8Si. The molecule has 1 aliphatic heterocycles. The summed E-state index contributed by atoms with van der Waals surface area (Å²) < 4.78 is 0. The van der Waals surface area contributed by atoms with Gasteiger partial charge in [-0.25, -0.2) is 0 Å². The molecule has 5 heavy (non-hydrogen) atoms. The van der Waals surface area contributed by atoms with E-state index in [-0.39, 0.29) is 0 Å². The predicted octanol–water partition coefficient (Wildman–Crippen LogP) is 1.34. The molecule has 0 aliphatic carbocycles. The quantitative estimate of drug-likeness (QED) is 0.388. The van der Waals surface area contributed by atoms with Gasteiger partial charge in [0.15, 0.2) is 0 Å². The Bertz CT molecular complexity index is 63.7. The standard InChI is InChI=1S/C4H8Si/c1-5(2)3-4-5/h3-4H,1-2H3. The monoisotopic (exact) mass is 84.0 g/mol. The van der Waals surface area contributed by atoms with Gasteiger partial charge in [-0.15, -0.1) is 0 Å². The van der Waals surface area contributed by atoms with Crippen molar-refractivity contribution in [1.82, 2.24) is 0 Å². The van der Waals surface area contributed by atoms with Gasteiger partial charge in [-0.1, -0.05) is 24.5 Å². The Morgan fingerprint density at radius 1 is 1.20 bits per heavy atom. The normalized spacial score (nSPS) is 26.8. The number of hydrogen-bond acceptors (Lipinski definition) is 0. The Labute approximate surface area is 33.5 Å². The first-order chi connectivity index (χ1) is 2.21. The molecule has 1 heterocycles. The van der Waals surface area contributed by atoms with E-state index < -0.39 is 8.07 Å². The summed E-state index contributed by atoms with van der Waals surface area (Å²) in [5, 5.41) is 0. The van der Waals surface area contributed by atoms with E-state index >= 15 is 0 Å². The third kappa shape index (κ3) is 0.617. The lowest BCUT2D eigenvalue weighted by Gasteiger charge is -1.84. The van der Waals surface area contributed by atoms with Gasteiger partial charge in [0.25, 0.3) is 0 Å². The fraction of sp³-hybridized carbons (Fsp3) is 0.500. The second kappa shape index (κ2) is 0.546. The van der Waals surface area contributed by atoms with Crippen molar-refractivity contribution in [2.75, 3.05) is 0 Å². The van der Waals surface area contributed by atoms with Crippen molar-refractivity contribution < 1.29 is 0 Å².